The van der Waals surface area contributed by atoms with Gasteiger partial charge in [-0.1, -0.05) is 58.7 Å². The second-order valence-corrected chi connectivity index (χ2v) is 9.70. The molecule has 0 spiro atoms. The van der Waals surface area contributed by atoms with Gasteiger partial charge in [-0.25, -0.2) is 0 Å². The minimum absolute atomic E-state index is 0.241. The maximum Gasteiger partial charge on any atom is 0.233 e. The van der Waals surface area contributed by atoms with E-state index >= 15 is 0 Å². The van der Waals surface area contributed by atoms with Gasteiger partial charge in [0.15, 0.2) is 11.0 Å². The van der Waals surface area contributed by atoms with Crippen molar-refractivity contribution in [3.05, 3.63) is 41.4 Å². The summed E-state index contributed by atoms with van der Waals surface area (Å²) in [5.41, 5.74) is 1.00. The molecule has 1 aromatic heterocycles. The Bertz CT molecular complexity index is 864. The van der Waals surface area contributed by atoms with Crippen LogP contribution in [0.5, 0.6) is 0 Å². The number of benzene rings is 1. The molecule has 7 heteroatoms. The maximum absolute atomic E-state index is 13.0. The van der Waals surface area contributed by atoms with Crippen molar-refractivity contribution in [3.63, 3.8) is 0 Å². The molecule has 29 heavy (non-hydrogen) atoms. The molecule has 5 nitrogen and oxygen atoms in total. The fraction of sp³-hybridized carbons (Fsp3) is 0.500. The third-order valence-electron chi connectivity index (χ3n) is 6.02. The van der Waals surface area contributed by atoms with Gasteiger partial charge in [0.1, 0.15) is 0 Å². The predicted molar refractivity (Wildman–Crippen MR) is 121 cm³/mol. The summed E-state index contributed by atoms with van der Waals surface area (Å²) in [5.74, 6) is 2.17. The highest BCUT2D eigenvalue weighted by atomic mass is 79.9. The number of rotatable bonds is 6. The van der Waals surface area contributed by atoms with E-state index in [0.29, 0.717) is 24.3 Å². The van der Waals surface area contributed by atoms with Crippen molar-refractivity contribution in [3.8, 4) is 11.4 Å². The van der Waals surface area contributed by atoms with E-state index in [2.05, 4.69) is 37.6 Å². The molecule has 4 rings (SSSR count). The first-order valence-corrected chi connectivity index (χ1v) is 12.2. The third kappa shape index (κ3) is 4.61. The lowest BCUT2D eigenvalue weighted by Crippen LogP contribution is -2.50. The summed E-state index contributed by atoms with van der Waals surface area (Å²) < 4.78 is 3.06. The second-order valence-electron chi connectivity index (χ2n) is 7.84. The Labute approximate surface area is 185 Å². The zero-order chi connectivity index (χ0) is 20.2. The lowest BCUT2D eigenvalue weighted by Gasteiger charge is -2.44. The molecule has 0 radical (unpaired) electrons. The average molecular weight is 475 g/mol. The number of thioether (sulfide) groups is 1. The first-order valence-electron chi connectivity index (χ1n) is 10.4. The molecule has 0 N–H and O–H groups in total. The molecule has 2 aliphatic rings. The summed E-state index contributed by atoms with van der Waals surface area (Å²) >= 11 is 4.96. The molecule has 0 unspecified atom stereocenters. The lowest BCUT2D eigenvalue weighted by molar-refractivity contribution is -0.134. The Balaban J connectivity index is 1.47. The Kier molecular flexibility index (Phi) is 6.75. The maximum atomic E-state index is 13.0. The van der Waals surface area contributed by atoms with Crippen molar-refractivity contribution in [2.75, 3.05) is 12.3 Å². The number of carbonyl (C=O) groups is 1. The smallest absolute Gasteiger partial charge is 0.233 e. The molecule has 2 aromatic rings. The Hall–Kier alpha value is -1.60. The SMILES string of the molecule is C=CCn1c(SCC(=O)N2CCC[C@@H]3CCCC[C@@H]32)nnc1-c1ccc(Br)cc1. The number of allylic oxidation sites excluding steroid dienone is 1. The predicted octanol–water partition coefficient (Wildman–Crippen LogP) is 5.17. The largest absolute Gasteiger partial charge is 0.339 e. The molecular formula is C22H27BrN4OS. The van der Waals surface area contributed by atoms with Crippen LogP contribution in [0, 0.1) is 5.92 Å². The normalized spacial score (nSPS) is 21.6. The molecule has 154 valence electrons. The number of aromatic nitrogens is 3. The molecule has 0 bridgehead atoms. The molecule has 1 aliphatic carbocycles. The first kappa shape index (κ1) is 20.7. The first-order chi connectivity index (χ1) is 14.2. The van der Waals surface area contributed by atoms with E-state index in [4.69, 9.17) is 0 Å². The van der Waals surface area contributed by atoms with Crippen LogP contribution < -0.4 is 0 Å². The van der Waals surface area contributed by atoms with Crippen LogP contribution in [0.25, 0.3) is 11.4 Å². The molecule has 1 saturated heterocycles. The van der Waals surface area contributed by atoms with Crippen LogP contribution in [0.15, 0.2) is 46.5 Å². The number of amides is 1. The van der Waals surface area contributed by atoms with Gasteiger partial charge in [-0.2, -0.15) is 0 Å². The van der Waals surface area contributed by atoms with Crippen LogP contribution in [0.4, 0.5) is 0 Å². The monoisotopic (exact) mass is 474 g/mol. The Morgan fingerprint density at radius 1 is 1.17 bits per heavy atom. The highest BCUT2D eigenvalue weighted by Crippen LogP contribution is 2.36. The Morgan fingerprint density at radius 3 is 2.72 bits per heavy atom. The minimum atomic E-state index is 0.241. The van der Waals surface area contributed by atoms with Crippen LogP contribution >= 0.6 is 27.7 Å². The van der Waals surface area contributed by atoms with Crippen LogP contribution in [0.3, 0.4) is 0 Å². The molecule has 1 aliphatic heterocycles. The van der Waals surface area contributed by atoms with Gasteiger partial charge >= 0.3 is 0 Å². The summed E-state index contributed by atoms with van der Waals surface area (Å²) in [4.78, 5) is 15.2. The second kappa shape index (κ2) is 9.47. The van der Waals surface area contributed by atoms with E-state index in [1.165, 1.54) is 43.9 Å². The van der Waals surface area contributed by atoms with E-state index < -0.39 is 0 Å². The molecule has 2 atom stereocenters. The van der Waals surface area contributed by atoms with Crippen molar-refractivity contribution in [2.24, 2.45) is 5.92 Å². The number of carbonyl (C=O) groups excluding carboxylic acids is 1. The van der Waals surface area contributed by atoms with Crippen molar-refractivity contribution in [1.29, 1.82) is 0 Å². The fourth-order valence-corrected chi connectivity index (χ4v) is 5.74. The number of halogens is 1. The zero-order valence-electron chi connectivity index (χ0n) is 16.6. The molecular weight excluding hydrogens is 448 g/mol. The number of hydrogen-bond acceptors (Lipinski definition) is 4. The van der Waals surface area contributed by atoms with E-state index in [-0.39, 0.29) is 5.91 Å². The molecule has 1 saturated carbocycles. The number of likely N-dealkylation sites (tertiary alicyclic amines) is 1. The van der Waals surface area contributed by atoms with Crippen LogP contribution in [-0.4, -0.2) is 43.9 Å². The van der Waals surface area contributed by atoms with Crippen molar-refractivity contribution >= 4 is 33.6 Å². The lowest BCUT2D eigenvalue weighted by atomic mass is 9.78. The van der Waals surface area contributed by atoms with Crippen molar-refractivity contribution in [1.82, 2.24) is 19.7 Å². The van der Waals surface area contributed by atoms with Gasteiger partial charge in [-0.3, -0.25) is 9.36 Å². The molecule has 2 heterocycles. The van der Waals surface area contributed by atoms with Crippen LogP contribution in [0.2, 0.25) is 0 Å². The molecule has 1 amide bonds. The summed E-state index contributed by atoms with van der Waals surface area (Å²) in [5, 5.41) is 9.54. The van der Waals surface area contributed by atoms with E-state index in [1.54, 1.807) is 0 Å². The van der Waals surface area contributed by atoms with Gasteiger partial charge < -0.3 is 4.90 Å². The standard InChI is InChI=1S/C22H27BrN4OS/c1-2-13-27-21(17-9-11-18(23)12-10-17)24-25-22(27)29-15-20(28)26-14-5-7-16-6-3-4-8-19(16)26/h2,9-12,16,19H,1,3-8,13-15H2/t16-,19-/m0/s1. The Morgan fingerprint density at radius 2 is 1.93 bits per heavy atom. The van der Waals surface area contributed by atoms with Gasteiger partial charge in [0.25, 0.3) is 0 Å². The summed E-state index contributed by atoms with van der Waals surface area (Å²) in [6.07, 6.45) is 9.29. The quantitative estimate of drug-likeness (QED) is 0.428. The van der Waals surface area contributed by atoms with Crippen molar-refractivity contribution in [2.45, 2.75) is 56.3 Å². The minimum Gasteiger partial charge on any atom is -0.339 e. The summed E-state index contributed by atoms with van der Waals surface area (Å²) in [7, 11) is 0. The van der Waals surface area contributed by atoms with Gasteiger partial charge in [-0.15, -0.1) is 16.8 Å². The van der Waals surface area contributed by atoms with E-state index in [1.807, 2.05) is 34.9 Å². The fourth-order valence-electron chi connectivity index (χ4n) is 4.65. The highest BCUT2D eigenvalue weighted by molar-refractivity contribution is 9.10. The van der Waals surface area contributed by atoms with Gasteiger partial charge in [-0.05, 0) is 43.7 Å². The molecule has 1 aromatic carbocycles. The average Bonchev–Trinajstić information content (AvgIpc) is 3.15. The van der Waals surface area contributed by atoms with Crippen LogP contribution in [-0.2, 0) is 11.3 Å². The molecule has 2 fully saturated rings. The number of hydrogen-bond donors (Lipinski definition) is 0. The third-order valence-corrected chi connectivity index (χ3v) is 7.50. The number of piperidine rings is 1. The number of fused-ring (bicyclic) bond motifs is 1. The van der Waals surface area contributed by atoms with E-state index in [0.717, 1.165) is 34.0 Å². The van der Waals surface area contributed by atoms with Gasteiger partial charge in [0.2, 0.25) is 5.91 Å². The van der Waals surface area contributed by atoms with Crippen LogP contribution in [0.1, 0.15) is 38.5 Å². The summed E-state index contributed by atoms with van der Waals surface area (Å²) in [6.45, 7) is 5.39. The number of nitrogens with zero attached hydrogens (tertiary/aromatic N) is 4. The zero-order valence-corrected chi connectivity index (χ0v) is 19.0. The van der Waals surface area contributed by atoms with Gasteiger partial charge in [0, 0.05) is 29.2 Å². The van der Waals surface area contributed by atoms with Gasteiger partial charge in [0.05, 0.1) is 5.75 Å². The van der Waals surface area contributed by atoms with E-state index in [9.17, 15) is 4.79 Å². The highest BCUT2D eigenvalue weighted by Gasteiger charge is 2.35. The topological polar surface area (TPSA) is 51.0 Å². The summed E-state index contributed by atoms with van der Waals surface area (Å²) in [6, 6.07) is 8.48. The van der Waals surface area contributed by atoms with Crippen molar-refractivity contribution < 1.29 is 4.79 Å².